The second-order valence-electron chi connectivity index (χ2n) is 9.87. The third-order valence-corrected chi connectivity index (χ3v) is 8.11. The van der Waals surface area contributed by atoms with E-state index in [9.17, 15) is 18.4 Å². The normalized spacial score (nSPS) is 17.8. The number of halogens is 4. The number of nitrogens with zero attached hydrogens (tertiary/aromatic N) is 3. The van der Waals surface area contributed by atoms with Crippen LogP contribution in [0.25, 0.3) is 0 Å². The van der Waals surface area contributed by atoms with Gasteiger partial charge in [-0.15, -0.1) is 0 Å². The summed E-state index contributed by atoms with van der Waals surface area (Å²) in [5.41, 5.74) is 1.04. The van der Waals surface area contributed by atoms with Gasteiger partial charge >= 0.3 is 5.92 Å². The number of alkyl halides is 2. The Bertz CT molecular complexity index is 1110. The number of carbonyl (C=O) groups excluding carboxylic acids is 2. The van der Waals surface area contributed by atoms with Crippen LogP contribution in [-0.2, 0) is 10.7 Å². The summed E-state index contributed by atoms with van der Waals surface area (Å²) in [6.45, 7) is 2.40. The van der Waals surface area contributed by atoms with E-state index in [0.29, 0.717) is 35.5 Å². The zero-order chi connectivity index (χ0) is 26.0. The average Bonchev–Trinajstić information content (AvgIpc) is 2.88. The fourth-order valence-electron chi connectivity index (χ4n) is 5.35. The van der Waals surface area contributed by atoms with Crippen LogP contribution in [0.3, 0.4) is 0 Å². The molecule has 0 spiro atoms. The molecule has 36 heavy (non-hydrogen) atoms. The molecular formula is C27H31Cl2F2N3O2. The maximum atomic E-state index is 14.9. The largest absolute Gasteiger partial charge is 0.371 e. The van der Waals surface area contributed by atoms with Gasteiger partial charge in [0, 0.05) is 51.5 Å². The molecule has 0 atom stereocenters. The van der Waals surface area contributed by atoms with E-state index in [2.05, 4.69) is 4.90 Å². The molecule has 0 saturated carbocycles. The summed E-state index contributed by atoms with van der Waals surface area (Å²) in [6, 6.07) is 11.2. The van der Waals surface area contributed by atoms with Crippen LogP contribution in [0.4, 0.5) is 14.5 Å². The van der Waals surface area contributed by atoms with E-state index in [1.54, 1.807) is 26.2 Å². The number of anilines is 1. The molecule has 2 aromatic carbocycles. The van der Waals surface area contributed by atoms with Gasteiger partial charge in [0.1, 0.15) is 0 Å². The molecule has 2 heterocycles. The van der Waals surface area contributed by atoms with Crippen LogP contribution in [0.15, 0.2) is 42.5 Å². The van der Waals surface area contributed by atoms with Gasteiger partial charge in [-0.3, -0.25) is 9.59 Å². The third kappa shape index (κ3) is 5.47. The highest BCUT2D eigenvalue weighted by molar-refractivity contribution is 6.34. The Labute approximate surface area is 220 Å². The van der Waals surface area contributed by atoms with Crippen LogP contribution in [0.1, 0.15) is 41.6 Å². The van der Waals surface area contributed by atoms with E-state index >= 15 is 0 Å². The molecule has 0 bridgehead atoms. The van der Waals surface area contributed by atoms with Crippen LogP contribution in [0.2, 0.25) is 10.0 Å². The Morgan fingerprint density at radius 3 is 2.03 bits per heavy atom. The van der Waals surface area contributed by atoms with E-state index in [1.165, 1.54) is 28.0 Å². The van der Waals surface area contributed by atoms with Crippen molar-refractivity contribution in [2.45, 2.75) is 31.6 Å². The van der Waals surface area contributed by atoms with Gasteiger partial charge in [0.15, 0.2) is 0 Å². The van der Waals surface area contributed by atoms with Crippen molar-refractivity contribution in [2.75, 3.05) is 45.2 Å². The monoisotopic (exact) mass is 537 g/mol. The summed E-state index contributed by atoms with van der Waals surface area (Å²) in [7, 11) is 3.39. The highest BCUT2D eigenvalue weighted by Crippen LogP contribution is 2.38. The van der Waals surface area contributed by atoms with Crippen molar-refractivity contribution in [3.63, 3.8) is 0 Å². The lowest BCUT2D eigenvalue weighted by molar-refractivity contribution is -0.160. The number of amides is 2. The standard InChI is InChI=1S/C27H31Cl2F2N3O2/c1-32(2)25(35)21-8-7-20(17-24(21)29)33-13-9-18(10-14-33)19-11-15-34(16-12-19)26(36)27(30,31)22-5-3-4-6-23(22)28/h3-8,17-19H,9-16H2,1-2H3. The van der Waals surface area contributed by atoms with Crippen LogP contribution < -0.4 is 4.90 Å². The predicted octanol–water partition coefficient (Wildman–Crippen LogP) is 5.94. The van der Waals surface area contributed by atoms with Gasteiger partial charge in [-0.2, -0.15) is 8.78 Å². The lowest BCUT2D eigenvalue weighted by Crippen LogP contribution is -2.47. The summed E-state index contributed by atoms with van der Waals surface area (Å²) >= 11 is 12.3. The number of benzene rings is 2. The Balaban J connectivity index is 1.30. The minimum Gasteiger partial charge on any atom is -0.371 e. The maximum absolute atomic E-state index is 14.9. The molecule has 0 N–H and O–H groups in total. The quantitative estimate of drug-likeness (QED) is 0.473. The molecule has 2 aliphatic heterocycles. The molecule has 2 amide bonds. The first kappa shape index (κ1) is 26.7. The van der Waals surface area contributed by atoms with Crippen molar-refractivity contribution >= 4 is 40.7 Å². The van der Waals surface area contributed by atoms with Gasteiger partial charge in [0.05, 0.1) is 15.6 Å². The lowest BCUT2D eigenvalue weighted by atomic mass is 9.78. The molecule has 9 heteroatoms. The number of likely N-dealkylation sites (tertiary alicyclic amines) is 1. The molecule has 0 unspecified atom stereocenters. The van der Waals surface area contributed by atoms with Gasteiger partial charge in [-0.1, -0.05) is 41.4 Å². The second-order valence-corrected chi connectivity index (χ2v) is 10.7. The topological polar surface area (TPSA) is 43.9 Å². The smallest absolute Gasteiger partial charge is 0.351 e. The second kappa shape index (κ2) is 10.9. The van der Waals surface area contributed by atoms with Crippen molar-refractivity contribution in [1.82, 2.24) is 9.80 Å². The van der Waals surface area contributed by atoms with Gasteiger partial charge in [-0.05, 0) is 61.8 Å². The summed E-state index contributed by atoms with van der Waals surface area (Å²) in [5, 5.41) is 0.344. The van der Waals surface area contributed by atoms with E-state index < -0.39 is 17.4 Å². The molecule has 0 radical (unpaired) electrons. The molecule has 194 valence electrons. The lowest BCUT2D eigenvalue weighted by Gasteiger charge is -2.41. The number of carbonyl (C=O) groups is 2. The van der Waals surface area contributed by atoms with Gasteiger partial charge < -0.3 is 14.7 Å². The molecule has 2 saturated heterocycles. The van der Waals surface area contributed by atoms with Gasteiger partial charge in [0.2, 0.25) is 0 Å². The van der Waals surface area contributed by atoms with Crippen molar-refractivity contribution in [1.29, 1.82) is 0 Å². The Morgan fingerprint density at radius 1 is 0.889 bits per heavy atom. The molecule has 0 aromatic heterocycles. The zero-order valence-electron chi connectivity index (χ0n) is 20.5. The number of hydrogen-bond acceptors (Lipinski definition) is 3. The molecular weight excluding hydrogens is 507 g/mol. The molecule has 2 aromatic rings. The minimum atomic E-state index is -3.63. The first-order valence-corrected chi connectivity index (χ1v) is 13.0. The van der Waals surface area contributed by atoms with Gasteiger partial charge in [0.25, 0.3) is 11.8 Å². The molecule has 0 aliphatic carbocycles. The van der Waals surface area contributed by atoms with Crippen molar-refractivity contribution < 1.29 is 18.4 Å². The van der Waals surface area contributed by atoms with Crippen LogP contribution in [-0.4, -0.2) is 61.9 Å². The van der Waals surface area contributed by atoms with Crippen LogP contribution >= 0.6 is 23.2 Å². The fraction of sp³-hybridized carbons (Fsp3) is 0.481. The highest BCUT2D eigenvalue weighted by atomic mass is 35.5. The SMILES string of the molecule is CN(C)C(=O)c1ccc(N2CCC(C3CCN(C(=O)C(F)(F)c4ccccc4Cl)CC3)CC2)cc1Cl. The minimum absolute atomic E-state index is 0.0993. The summed E-state index contributed by atoms with van der Waals surface area (Å²) in [6.07, 6.45) is 3.43. The molecule has 2 aliphatic rings. The van der Waals surface area contributed by atoms with E-state index in [1.807, 2.05) is 12.1 Å². The van der Waals surface area contributed by atoms with E-state index in [-0.39, 0.29) is 10.9 Å². The number of rotatable bonds is 5. The van der Waals surface area contributed by atoms with Crippen LogP contribution in [0.5, 0.6) is 0 Å². The van der Waals surface area contributed by atoms with Crippen molar-refractivity contribution in [3.05, 3.63) is 63.6 Å². The van der Waals surface area contributed by atoms with Crippen molar-refractivity contribution in [2.24, 2.45) is 11.8 Å². The van der Waals surface area contributed by atoms with E-state index in [0.717, 1.165) is 44.5 Å². The summed E-state index contributed by atoms with van der Waals surface area (Å²) < 4.78 is 29.8. The highest BCUT2D eigenvalue weighted by Gasteiger charge is 2.46. The molecule has 4 rings (SSSR count). The van der Waals surface area contributed by atoms with E-state index in [4.69, 9.17) is 23.2 Å². The zero-order valence-corrected chi connectivity index (χ0v) is 22.0. The maximum Gasteiger partial charge on any atom is 0.351 e. The predicted molar refractivity (Wildman–Crippen MR) is 139 cm³/mol. The Morgan fingerprint density at radius 2 is 1.47 bits per heavy atom. The molecule has 2 fully saturated rings. The molecule has 5 nitrogen and oxygen atoms in total. The number of hydrogen-bond donors (Lipinski definition) is 0. The third-order valence-electron chi connectivity index (χ3n) is 7.47. The fourth-order valence-corrected chi connectivity index (χ4v) is 5.86. The first-order chi connectivity index (χ1) is 17.1. The average molecular weight is 538 g/mol. The first-order valence-electron chi connectivity index (χ1n) is 12.3. The summed E-state index contributed by atoms with van der Waals surface area (Å²) in [4.78, 5) is 30.0. The number of piperidine rings is 2. The Hall–Kier alpha value is -2.38. The van der Waals surface area contributed by atoms with Crippen molar-refractivity contribution in [3.8, 4) is 0 Å². The van der Waals surface area contributed by atoms with Crippen LogP contribution in [0, 0.1) is 11.8 Å². The summed E-state index contributed by atoms with van der Waals surface area (Å²) in [5.74, 6) is -4.03. The Kier molecular flexibility index (Phi) is 8.10. The van der Waals surface area contributed by atoms with Gasteiger partial charge in [-0.25, -0.2) is 0 Å².